The lowest BCUT2D eigenvalue weighted by Gasteiger charge is -2.49. The van der Waals surface area contributed by atoms with Crippen LogP contribution in [0.5, 0.6) is 0 Å². The van der Waals surface area contributed by atoms with E-state index in [0.717, 1.165) is 0 Å². The number of hydrogen-bond donors (Lipinski definition) is 0. The molecule has 66 heavy (non-hydrogen) atoms. The molecular weight excluding hydrogens is 796 g/mol. The standard InChI is InChI=1S/C63H81BN2/c1-38-30-43-46(62(16,17)28-26-59(43,10)11)36-51(38)66-50-23-20-39(56(2,3)4)31-48(50)64-49-35-45-47(63(18,19)29-27-61(45,14)15)37-52(49)65(53-32-40(57(5,6)7)33-54(66)55(53)64)41-21-22-42-44(34-41)60(12,13)25-24-58(42,8)9/h20-23,30-37H,24-29H2,1-19H3. The summed E-state index contributed by atoms with van der Waals surface area (Å²) in [6.07, 6.45) is 7.18. The zero-order valence-corrected chi connectivity index (χ0v) is 44.6. The minimum atomic E-state index is -0.0876. The minimum absolute atomic E-state index is 0.00842. The second-order valence-corrected chi connectivity index (χ2v) is 28.0. The summed E-state index contributed by atoms with van der Waals surface area (Å²) in [6.45, 7) is 46.7. The summed E-state index contributed by atoms with van der Waals surface area (Å²) in [5.41, 5.74) is 26.0. The Hall–Kier alpha value is -4.24. The molecule has 0 saturated heterocycles. The number of nitrogens with zero attached hydrogens (tertiary/aromatic N) is 2. The van der Waals surface area contributed by atoms with Crippen molar-refractivity contribution in [2.24, 2.45) is 0 Å². The Balaban J connectivity index is 1.37. The number of hydrogen-bond acceptors (Lipinski definition) is 2. The van der Waals surface area contributed by atoms with Crippen molar-refractivity contribution in [2.45, 2.75) is 213 Å². The van der Waals surface area contributed by atoms with Crippen molar-refractivity contribution in [3.05, 3.63) is 123 Å². The molecule has 5 aliphatic rings. The van der Waals surface area contributed by atoms with Gasteiger partial charge in [0.15, 0.2) is 0 Å². The maximum absolute atomic E-state index is 2.75. The fourth-order valence-electron chi connectivity index (χ4n) is 13.2. The molecule has 2 nitrogen and oxygen atoms in total. The van der Waals surface area contributed by atoms with E-state index in [9.17, 15) is 0 Å². The number of fused-ring (bicyclic) bond motifs is 7. The van der Waals surface area contributed by atoms with E-state index in [1.165, 1.54) is 139 Å². The van der Waals surface area contributed by atoms with E-state index in [1.807, 2.05) is 0 Å². The van der Waals surface area contributed by atoms with Gasteiger partial charge in [-0.2, -0.15) is 0 Å². The van der Waals surface area contributed by atoms with Crippen LogP contribution in [0.4, 0.5) is 34.1 Å². The highest BCUT2D eigenvalue weighted by molar-refractivity contribution is 7.00. The van der Waals surface area contributed by atoms with Crippen LogP contribution in [-0.4, -0.2) is 6.71 Å². The number of rotatable bonds is 2. The Bertz CT molecular complexity index is 2860. The molecule has 0 amide bonds. The van der Waals surface area contributed by atoms with Gasteiger partial charge in [-0.05, 0) is 198 Å². The van der Waals surface area contributed by atoms with Crippen LogP contribution < -0.4 is 26.2 Å². The molecule has 0 atom stereocenters. The fourth-order valence-corrected chi connectivity index (χ4v) is 13.2. The average Bonchev–Trinajstić information content (AvgIpc) is 3.21. The molecule has 0 spiro atoms. The zero-order chi connectivity index (χ0) is 47.9. The molecule has 0 aromatic heterocycles. The van der Waals surface area contributed by atoms with E-state index >= 15 is 0 Å². The molecule has 5 aromatic rings. The molecule has 5 aromatic carbocycles. The topological polar surface area (TPSA) is 6.48 Å². The van der Waals surface area contributed by atoms with Crippen LogP contribution in [0, 0.1) is 6.92 Å². The normalized spacial score (nSPS) is 21.2. The first kappa shape index (κ1) is 45.5. The first-order valence-electron chi connectivity index (χ1n) is 25.8. The largest absolute Gasteiger partial charge is 0.311 e. The summed E-state index contributed by atoms with van der Waals surface area (Å²) in [4.78, 5) is 5.48. The van der Waals surface area contributed by atoms with E-state index in [-0.39, 0.29) is 50.0 Å². The van der Waals surface area contributed by atoms with Gasteiger partial charge in [0.2, 0.25) is 0 Å². The summed E-state index contributed by atoms with van der Waals surface area (Å²) >= 11 is 0. The van der Waals surface area contributed by atoms with Gasteiger partial charge in [0.25, 0.3) is 6.71 Å². The third kappa shape index (κ3) is 6.76. The van der Waals surface area contributed by atoms with Crippen molar-refractivity contribution in [2.75, 3.05) is 9.80 Å². The van der Waals surface area contributed by atoms with Gasteiger partial charge in [-0.25, -0.2) is 0 Å². The molecule has 2 aliphatic heterocycles. The molecule has 3 heteroatoms. The summed E-state index contributed by atoms with van der Waals surface area (Å²) < 4.78 is 0. The van der Waals surface area contributed by atoms with Gasteiger partial charge in [-0.3, -0.25) is 0 Å². The van der Waals surface area contributed by atoms with Crippen molar-refractivity contribution in [3.8, 4) is 0 Å². The average molecular weight is 877 g/mol. The highest BCUT2D eigenvalue weighted by Gasteiger charge is 2.49. The number of anilines is 6. The van der Waals surface area contributed by atoms with Crippen LogP contribution in [0.3, 0.4) is 0 Å². The molecule has 346 valence electrons. The first-order chi connectivity index (χ1) is 30.3. The van der Waals surface area contributed by atoms with Crippen LogP contribution >= 0.6 is 0 Å². The van der Waals surface area contributed by atoms with Crippen LogP contribution in [0.2, 0.25) is 0 Å². The molecule has 0 N–H and O–H groups in total. The van der Waals surface area contributed by atoms with Gasteiger partial charge in [-0.1, -0.05) is 155 Å². The van der Waals surface area contributed by atoms with Gasteiger partial charge in [0.1, 0.15) is 0 Å². The van der Waals surface area contributed by atoms with Gasteiger partial charge >= 0.3 is 0 Å². The number of aryl methyl sites for hydroxylation is 1. The second kappa shape index (κ2) is 13.9. The van der Waals surface area contributed by atoms with Crippen LogP contribution in [-0.2, 0) is 43.3 Å². The molecule has 0 radical (unpaired) electrons. The van der Waals surface area contributed by atoms with E-state index in [0.29, 0.717) is 0 Å². The quantitative estimate of drug-likeness (QED) is 0.160. The molecule has 0 saturated carbocycles. The summed E-state index contributed by atoms with van der Waals surface area (Å²) in [5, 5.41) is 0. The molecule has 0 bridgehead atoms. The third-order valence-electron chi connectivity index (χ3n) is 18.3. The van der Waals surface area contributed by atoms with E-state index in [2.05, 4.69) is 214 Å². The zero-order valence-electron chi connectivity index (χ0n) is 44.6. The monoisotopic (exact) mass is 877 g/mol. The minimum Gasteiger partial charge on any atom is -0.311 e. The predicted octanol–water partition coefficient (Wildman–Crippen LogP) is 15.7. The highest BCUT2D eigenvalue weighted by Crippen LogP contribution is 2.55. The van der Waals surface area contributed by atoms with Crippen molar-refractivity contribution in [1.82, 2.24) is 0 Å². The van der Waals surface area contributed by atoms with Crippen molar-refractivity contribution < 1.29 is 0 Å². The summed E-state index contributed by atoms with van der Waals surface area (Å²) in [7, 11) is 0. The van der Waals surface area contributed by atoms with Crippen molar-refractivity contribution in [3.63, 3.8) is 0 Å². The van der Waals surface area contributed by atoms with Gasteiger partial charge in [0, 0.05) is 34.1 Å². The van der Waals surface area contributed by atoms with E-state index in [4.69, 9.17) is 0 Å². The van der Waals surface area contributed by atoms with Gasteiger partial charge < -0.3 is 9.80 Å². The molecule has 0 unspecified atom stereocenters. The van der Waals surface area contributed by atoms with Gasteiger partial charge in [0.05, 0.1) is 0 Å². The molecule has 0 fully saturated rings. The molecule has 3 aliphatic carbocycles. The summed E-state index contributed by atoms with van der Waals surface area (Å²) in [5.74, 6) is 0. The van der Waals surface area contributed by atoms with E-state index < -0.39 is 0 Å². The SMILES string of the molecule is Cc1cc2c(cc1N1c3ccc(C(C)(C)C)cc3B3c4cc5c(cc4N(c4ccc6c(c4)C(C)(C)CCC6(C)C)c4cc(C(C)(C)C)cc1c43)C(C)(C)CCC5(C)C)C(C)(C)CCC2(C)C. The Morgan fingerprint density at radius 1 is 0.379 bits per heavy atom. The van der Waals surface area contributed by atoms with E-state index in [1.54, 1.807) is 0 Å². The third-order valence-corrected chi connectivity index (χ3v) is 18.3. The maximum Gasteiger partial charge on any atom is 0.252 e. The smallest absolute Gasteiger partial charge is 0.252 e. The van der Waals surface area contributed by atoms with Crippen LogP contribution in [0.1, 0.15) is 213 Å². The van der Waals surface area contributed by atoms with Crippen molar-refractivity contribution >= 4 is 57.2 Å². The molecular formula is C63H81BN2. The lowest BCUT2D eigenvalue weighted by molar-refractivity contribution is 0.332. The van der Waals surface area contributed by atoms with Crippen LogP contribution in [0.25, 0.3) is 0 Å². The first-order valence-corrected chi connectivity index (χ1v) is 25.8. The van der Waals surface area contributed by atoms with Crippen molar-refractivity contribution in [1.29, 1.82) is 0 Å². The number of benzene rings is 5. The molecule has 10 rings (SSSR count). The second-order valence-electron chi connectivity index (χ2n) is 28.0. The Morgan fingerprint density at radius 3 is 1.32 bits per heavy atom. The highest BCUT2D eigenvalue weighted by atomic mass is 15.2. The van der Waals surface area contributed by atoms with Gasteiger partial charge in [-0.15, -0.1) is 0 Å². The lowest BCUT2D eigenvalue weighted by atomic mass is 9.32. The Kier molecular flexibility index (Phi) is 9.62. The summed E-state index contributed by atoms with van der Waals surface area (Å²) in [6, 6.07) is 31.0. The predicted molar refractivity (Wildman–Crippen MR) is 288 cm³/mol. The Labute approximate surface area is 401 Å². The Morgan fingerprint density at radius 2 is 0.803 bits per heavy atom. The maximum atomic E-state index is 2.75. The lowest BCUT2D eigenvalue weighted by Crippen LogP contribution is -2.62. The van der Waals surface area contributed by atoms with Crippen LogP contribution in [0.15, 0.2) is 72.8 Å². The molecule has 2 heterocycles. The fraction of sp³-hybridized carbons (Fsp3) is 0.524.